The summed E-state index contributed by atoms with van der Waals surface area (Å²) in [7, 11) is 0. The van der Waals surface area contributed by atoms with E-state index >= 15 is 0 Å². The Morgan fingerprint density at radius 1 is 1.10 bits per heavy atom. The average Bonchev–Trinajstić information content (AvgIpc) is 2.46. The quantitative estimate of drug-likeness (QED) is 0.570. The number of nitro groups is 1. The first-order chi connectivity index (χ1) is 9.65. The van der Waals surface area contributed by atoms with Crippen molar-refractivity contribution >= 4 is 16.6 Å². The van der Waals surface area contributed by atoms with Gasteiger partial charge in [0.15, 0.2) is 0 Å². The molecule has 0 saturated carbocycles. The fourth-order valence-electron chi connectivity index (χ4n) is 2.07. The van der Waals surface area contributed by atoms with Crippen molar-refractivity contribution in [3.63, 3.8) is 0 Å². The molecular weight excluding hydrogens is 258 g/mol. The minimum absolute atomic E-state index is 0.0384. The van der Waals surface area contributed by atoms with Crippen LogP contribution in [0.5, 0.6) is 0 Å². The molecule has 3 aromatic rings. The van der Waals surface area contributed by atoms with E-state index in [4.69, 9.17) is 0 Å². The summed E-state index contributed by atoms with van der Waals surface area (Å²) in [5.74, 6) is 0. The fraction of sp³-hybridized carbons (Fsp3) is 0. The Morgan fingerprint density at radius 2 is 1.85 bits per heavy atom. The van der Waals surface area contributed by atoms with Gasteiger partial charge in [-0.25, -0.2) is 4.79 Å². The van der Waals surface area contributed by atoms with E-state index in [1.54, 1.807) is 12.1 Å². The van der Waals surface area contributed by atoms with Gasteiger partial charge in [0, 0.05) is 23.1 Å². The van der Waals surface area contributed by atoms with Crippen molar-refractivity contribution < 1.29 is 4.92 Å². The molecule has 0 unspecified atom stereocenters. The zero-order valence-electron chi connectivity index (χ0n) is 10.2. The van der Waals surface area contributed by atoms with Crippen LogP contribution in [0.15, 0.2) is 53.3 Å². The monoisotopic (exact) mass is 267 g/mol. The molecule has 0 atom stereocenters. The van der Waals surface area contributed by atoms with E-state index in [0.29, 0.717) is 16.6 Å². The first kappa shape index (κ1) is 12.0. The van der Waals surface area contributed by atoms with Crippen LogP contribution >= 0.6 is 0 Å². The van der Waals surface area contributed by atoms with E-state index in [-0.39, 0.29) is 5.69 Å². The number of nitrogens with one attached hydrogen (secondary N) is 1. The highest BCUT2D eigenvalue weighted by Gasteiger charge is 2.12. The summed E-state index contributed by atoms with van der Waals surface area (Å²) >= 11 is 0. The number of aromatic amines is 1. The predicted octanol–water partition coefficient (Wildman–Crippen LogP) is 2.50. The van der Waals surface area contributed by atoms with Crippen molar-refractivity contribution in [1.82, 2.24) is 9.97 Å². The van der Waals surface area contributed by atoms with Crippen LogP contribution in [0.3, 0.4) is 0 Å². The lowest BCUT2D eigenvalue weighted by atomic mass is 10.1. The summed E-state index contributed by atoms with van der Waals surface area (Å²) in [5, 5.41) is 11.4. The number of nitro benzene ring substituents is 1. The lowest BCUT2D eigenvalue weighted by molar-refractivity contribution is -0.384. The lowest BCUT2D eigenvalue weighted by Crippen LogP contribution is -2.11. The number of nitrogens with zero attached hydrogens (tertiary/aromatic N) is 2. The van der Waals surface area contributed by atoms with Crippen LogP contribution < -0.4 is 5.69 Å². The Hall–Kier alpha value is -3.02. The molecule has 0 aliphatic rings. The van der Waals surface area contributed by atoms with Crippen molar-refractivity contribution in [1.29, 1.82) is 0 Å². The average molecular weight is 267 g/mol. The first-order valence-electron chi connectivity index (χ1n) is 5.89. The van der Waals surface area contributed by atoms with Crippen LogP contribution in [0, 0.1) is 10.1 Å². The predicted molar refractivity (Wildman–Crippen MR) is 74.5 cm³/mol. The third kappa shape index (κ3) is 2.03. The van der Waals surface area contributed by atoms with Gasteiger partial charge in [-0.05, 0) is 6.07 Å². The van der Waals surface area contributed by atoms with Crippen molar-refractivity contribution in [2.75, 3.05) is 0 Å². The number of fused-ring (bicyclic) bond motifs is 1. The highest BCUT2D eigenvalue weighted by molar-refractivity contribution is 5.93. The first-order valence-corrected chi connectivity index (χ1v) is 5.89. The number of aromatic nitrogens is 2. The summed E-state index contributed by atoms with van der Waals surface area (Å²) in [5.41, 5.74) is 1.18. The maximum absolute atomic E-state index is 11.6. The summed E-state index contributed by atoms with van der Waals surface area (Å²) < 4.78 is 0. The molecule has 0 aliphatic heterocycles. The van der Waals surface area contributed by atoms with Gasteiger partial charge in [0.1, 0.15) is 0 Å². The van der Waals surface area contributed by atoms with Crippen LogP contribution in [-0.2, 0) is 0 Å². The van der Waals surface area contributed by atoms with Gasteiger partial charge < -0.3 is 4.98 Å². The maximum atomic E-state index is 11.6. The van der Waals surface area contributed by atoms with E-state index in [1.807, 2.05) is 18.2 Å². The summed E-state index contributed by atoms with van der Waals surface area (Å²) in [6.07, 6.45) is 0. The Labute approximate surface area is 112 Å². The second-order valence-electron chi connectivity index (χ2n) is 4.24. The Bertz CT molecular complexity index is 856. The minimum atomic E-state index is -0.481. The molecule has 0 fully saturated rings. The van der Waals surface area contributed by atoms with Gasteiger partial charge in [0.25, 0.3) is 5.69 Å². The van der Waals surface area contributed by atoms with E-state index in [0.717, 1.165) is 5.56 Å². The van der Waals surface area contributed by atoms with E-state index in [1.165, 1.54) is 18.2 Å². The van der Waals surface area contributed by atoms with Gasteiger partial charge in [-0.15, -0.1) is 0 Å². The number of rotatable bonds is 2. The molecule has 2 aromatic carbocycles. The normalized spacial score (nSPS) is 10.6. The van der Waals surface area contributed by atoms with Crippen LogP contribution in [0.4, 0.5) is 5.69 Å². The largest absolute Gasteiger partial charge is 0.345 e. The second-order valence-corrected chi connectivity index (χ2v) is 4.24. The van der Waals surface area contributed by atoms with Crippen LogP contribution in [0.25, 0.3) is 22.2 Å². The van der Waals surface area contributed by atoms with Crippen molar-refractivity contribution in [3.8, 4) is 11.3 Å². The number of H-pyrrole nitrogens is 1. The zero-order valence-corrected chi connectivity index (χ0v) is 10.2. The van der Waals surface area contributed by atoms with E-state index in [9.17, 15) is 14.9 Å². The molecule has 0 saturated heterocycles. The molecule has 1 heterocycles. The molecule has 0 amide bonds. The maximum Gasteiger partial charge on any atom is 0.345 e. The number of hydrogen-bond acceptors (Lipinski definition) is 4. The Balaban J connectivity index is 2.37. The molecule has 0 bridgehead atoms. The molecule has 0 radical (unpaired) electrons. The van der Waals surface area contributed by atoms with E-state index < -0.39 is 10.6 Å². The highest BCUT2D eigenvalue weighted by atomic mass is 16.6. The molecule has 20 heavy (non-hydrogen) atoms. The fourth-order valence-corrected chi connectivity index (χ4v) is 2.07. The molecule has 1 N–H and O–H groups in total. The molecule has 0 spiro atoms. The van der Waals surface area contributed by atoms with Gasteiger partial charge in [0.2, 0.25) is 0 Å². The molecule has 98 valence electrons. The highest BCUT2D eigenvalue weighted by Crippen LogP contribution is 2.27. The number of hydrogen-bond donors (Lipinski definition) is 1. The molecule has 1 aromatic heterocycles. The SMILES string of the molecule is O=c1nc(-c2ccccc2)c2cc([N+](=O)[O-])ccc2[nH]1. The molecule has 6 heteroatoms. The van der Waals surface area contributed by atoms with Gasteiger partial charge in [-0.1, -0.05) is 30.3 Å². The van der Waals surface area contributed by atoms with Crippen LogP contribution in [0.2, 0.25) is 0 Å². The summed E-state index contributed by atoms with van der Waals surface area (Å²) in [6, 6.07) is 13.4. The van der Waals surface area contributed by atoms with Crippen LogP contribution in [-0.4, -0.2) is 14.9 Å². The molecule has 3 rings (SSSR count). The standard InChI is InChI=1S/C14H9N3O3/c18-14-15-12-7-6-10(17(19)20)8-11(12)13(16-14)9-4-2-1-3-5-9/h1-8H,(H,15,16,18). The van der Waals surface area contributed by atoms with Crippen LogP contribution in [0.1, 0.15) is 0 Å². The van der Waals surface area contributed by atoms with Gasteiger partial charge >= 0.3 is 5.69 Å². The molecule has 0 aliphatic carbocycles. The van der Waals surface area contributed by atoms with Gasteiger partial charge in [-0.2, -0.15) is 4.98 Å². The second kappa shape index (κ2) is 4.58. The smallest absolute Gasteiger partial charge is 0.305 e. The third-order valence-corrected chi connectivity index (χ3v) is 2.97. The summed E-state index contributed by atoms with van der Waals surface area (Å²) in [4.78, 5) is 28.5. The van der Waals surface area contributed by atoms with Gasteiger partial charge in [0.05, 0.1) is 16.1 Å². The Kier molecular flexibility index (Phi) is 2.76. The number of benzene rings is 2. The van der Waals surface area contributed by atoms with Crippen molar-refractivity contribution in [2.24, 2.45) is 0 Å². The number of non-ortho nitro benzene ring substituents is 1. The third-order valence-electron chi connectivity index (χ3n) is 2.97. The summed E-state index contributed by atoms with van der Waals surface area (Å²) in [6.45, 7) is 0. The van der Waals surface area contributed by atoms with E-state index in [2.05, 4.69) is 9.97 Å². The zero-order chi connectivity index (χ0) is 14.1. The van der Waals surface area contributed by atoms with Crippen molar-refractivity contribution in [2.45, 2.75) is 0 Å². The lowest BCUT2D eigenvalue weighted by Gasteiger charge is -2.05. The van der Waals surface area contributed by atoms with Gasteiger partial charge in [-0.3, -0.25) is 10.1 Å². The molecule has 6 nitrogen and oxygen atoms in total. The van der Waals surface area contributed by atoms with Crippen molar-refractivity contribution in [3.05, 3.63) is 69.1 Å². The molecular formula is C14H9N3O3. The minimum Gasteiger partial charge on any atom is -0.305 e. The topological polar surface area (TPSA) is 88.9 Å². The Morgan fingerprint density at radius 3 is 2.55 bits per heavy atom.